The van der Waals surface area contributed by atoms with Crippen molar-refractivity contribution in [2.45, 2.75) is 37.3 Å². The highest BCUT2D eigenvalue weighted by molar-refractivity contribution is 6.49. The van der Waals surface area contributed by atoms with Gasteiger partial charge in [-0.3, -0.25) is 14.3 Å². The van der Waals surface area contributed by atoms with Crippen LogP contribution in [-0.4, -0.2) is 86.2 Å². The quantitative estimate of drug-likeness (QED) is 0.316. The normalized spacial score (nSPS) is 20.5. The third-order valence-corrected chi connectivity index (χ3v) is 7.84. The van der Waals surface area contributed by atoms with E-state index in [1.807, 2.05) is 12.3 Å². The predicted octanol–water partition coefficient (Wildman–Crippen LogP) is -1.31. The summed E-state index contributed by atoms with van der Waals surface area (Å²) in [6.07, 6.45) is 4.86. The fraction of sp³-hybridized carbons (Fsp3) is 0.292. The van der Waals surface area contributed by atoms with Gasteiger partial charge in [-0.15, -0.1) is 0 Å². The number of anilines is 2. The van der Waals surface area contributed by atoms with Gasteiger partial charge in [-0.25, -0.2) is 13.9 Å². The first-order chi connectivity index (χ1) is 18.1. The number of benzene rings is 1. The summed E-state index contributed by atoms with van der Waals surface area (Å²) in [7, 11) is 6.46. The van der Waals surface area contributed by atoms with E-state index in [0.29, 0.717) is 16.8 Å². The van der Waals surface area contributed by atoms with Gasteiger partial charge in [0.2, 0.25) is 5.91 Å². The molecule has 0 saturated carbocycles. The maximum Gasteiger partial charge on any atom is 0.251 e. The average Bonchev–Trinajstić information content (AvgIpc) is 3.43. The first kappa shape index (κ1) is 26.5. The van der Waals surface area contributed by atoms with Crippen molar-refractivity contribution >= 4 is 52.4 Å². The fourth-order valence-electron chi connectivity index (χ4n) is 5.66. The molecule has 198 valence electrons. The predicted molar refractivity (Wildman–Crippen MR) is 152 cm³/mol. The lowest BCUT2D eigenvalue weighted by atomic mass is 9.46. The van der Waals surface area contributed by atoms with Crippen molar-refractivity contribution in [1.82, 2.24) is 29.3 Å². The average molecular weight is 528 g/mol. The number of fused-ring (bicyclic) bond motifs is 1. The zero-order chi connectivity index (χ0) is 28.7. The van der Waals surface area contributed by atoms with Gasteiger partial charge in [-0.2, -0.15) is 10.2 Å². The van der Waals surface area contributed by atoms with Gasteiger partial charge in [0.1, 0.15) is 44.5 Å². The van der Waals surface area contributed by atoms with Gasteiger partial charge in [0.05, 0.1) is 17.6 Å². The number of carbonyl (C=O) groups is 2. The van der Waals surface area contributed by atoms with E-state index < -0.39 is 34.1 Å². The molecule has 1 atom stereocenters. The zero-order valence-corrected chi connectivity index (χ0v) is 22.9. The molecule has 0 radical (unpaired) electrons. The van der Waals surface area contributed by atoms with Gasteiger partial charge in [0, 0.05) is 42.2 Å². The third-order valence-electron chi connectivity index (χ3n) is 7.84. The molecule has 2 amide bonds. The third kappa shape index (κ3) is 3.67. The van der Waals surface area contributed by atoms with Crippen molar-refractivity contribution in [2.75, 3.05) is 10.6 Å². The second-order valence-corrected chi connectivity index (χ2v) is 11.1. The Morgan fingerprint density at radius 3 is 2.44 bits per heavy atom. The molecule has 39 heavy (non-hydrogen) atoms. The lowest BCUT2D eigenvalue weighted by Gasteiger charge is -2.63. The summed E-state index contributed by atoms with van der Waals surface area (Å²) in [6.45, 7) is 4.37. The van der Waals surface area contributed by atoms with E-state index in [9.17, 15) is 14.7 Å². The summed E-state index contributed by atoms with van der Waals surface area (Å²) in [5, 5.41) is 18.9. The zero-order valence-electron chi connectivity index (χ0n) is 22.9. The van der Waals surface area contributed by atoms with Gasteiger partial charge in [-0.1, -0.05) is 0 Å². The summed E-state index contributed by atoms with van der Waals surface area (Å²) in [6, 6.07) is 6.24. The van der Waals surface area contributed by atoms with Crippen LogP contribution in [0, 0.1) is 5.82 Å². The van der Waals surface area contributed by atoms with E-state index in [1.165, 1.54) is 52.0 Å². The molecule has 3 aromatic heterocycles. The van der Waals surface area contributed by atoms with Crippen LogP contribution in [0.25, 0.3) is 27.9 Å². The minimum absolute atomic E-state index is 0.0426. The second-order valence-electron chi connectivity index (χ2n) is 11.1. The molecular weight excluding hydrogens is 500 g/mol. The maximum atomic E-state index is 15.6. The molecule has 1 aromatic carbocycles. The van der Waals surface area contributed by atoms with Crippen LogP contribution in [0.4, 0.5) is 15.9 Å². The van der Waals surface area contributed by atoms with Crippen molar-refractivity contribution in [3.63, 3.8) is 0 Å². The van der Waals surface area contributed by atoms with E-state index in [-0.39, 0.29) is 11.5 Å². The number of nitrogen functional groups attached to an aromatic ring is 1. The van der Waals surface area contributed by atoms with E-state index in [1.54, 1.807) is 44.2 Å². The molecule has 4 heterocycles. The number of halogens is 1. The number of aromatic nitrogens is 5. The molecule has 3 N–H and O–H groups in total. The highest BCUT2D eigenvalue weighted by atomic mass is 19.1. The van der Waals surface area contributed by atoms with Crippen LogP contribution in [0.15, 0.2) is 43.0 Å². The van der Waals surface area contributed by atoms with Gasteiger partial charge < -0.3 is 20.6 Å². The number of nitrogens with zero attached hydrogens (tertiary/aromatic N) is 7. The molecule has 0 aliphatic carbocycles. The fourth-order valence-corrected chi connectivity index (χ4v) is 5.66. The van der Waals surface area contributed by atoms with Crippen molar-refractivity contribution in [2.24, 2.45) is 7.05 Å². The smallest absolute Gasteiger partial charge is 0.251 e. The van der Waals surface area contributed by atoms with E-state index in [2.05, 4.69) is 15.2 Å². The molecule has 5 rings (SSSR count). The molecule has 15 heteroatoms. The van der Waals surface area contributed by atoms with E-state index >= 15 is 4.39 Å². The lowest BCUT2D eigenvalue weighted by molar-refractivity contribution is -0.174. The van der Waals surface area contributed by atoms with Crippen molar-refractivity contribution < 1.29 is 19.1 Å². The van der Waals surface area contributed by atoms with Crippen molar-refractivity contribution in [1.29, 1.82) is 0 Å². The van der Waals surface area contributed by atoms with Crippen LogP contribution in [0.5, 0.6) is 0 Å². The Hall–Kier alpha value is -4.13. The Morgan fingerprint density at radius 1 is 1.13 bits per heavy atom. The van der Waals surface area contributed by atoms with E-state index in [0.717, 1.165) is 16.0 Å². The molecule has 1 aliphatic rings. The van der Waals surface area contributed by atoms with Crippen LogP contribution in [0.2, 0.25) is 0 Å². The summed E-state index contributed by atoms with van der Waals surface area (Å²) in [5.74, 6) is -1.41. The number of hydrogen-bond donors (Lipinski definition) is 2. The molecule has 0 bridgehead atoms. The molecule has 0 spiro atoms. The molecular formula is C24H28B3FN8O3. The molecule has 1 unspecified atom stereocenters. The van der Waals surface area contributed by atoms with Gasteiger partial charge >= 0.3 is 0 Å². The molecule has 1 fully saturated rings. The number of rotatable bonds is 3. The first-order valence-corrected chi connectivity index (χ1v) is 12.4. The Bertz CT molecular complexity index is 1670. The number of aliphatic hydroxyl groups is 1. The number of aryl methyl sites for hydroxylation is 1. The van der Waals surface area contributed by atoms with Crippen LogP contribution in [0.1, 0.15) is 20.8 Å². The maximum absolute atomic E-state index is 15.6. The molecule has 4 aromatic rings. The Morgan fingerprint density at radius 2 is 1.82 bits per heavy atom. The van der Waals surface area contributed by atoms with Gasteiger partial charge in [0.25, 0.3) is 5.91 Å². The van der Waals surface area contributed by atoms with Crippen LogP contribution >= 0.6 is 0 Å². The molecule has 11 nitrogen and oxygen atoms in total. The van der Waals surface area contributed by atoms with Crippen LogP contribution in [-0.2, 0) is 16.6 Å². The van der Waals surface area contributed by atoms with Crippen molar-refractivity contribution in [3.05, 3.63) is 48.8 Å². The topological polar surface area (TPSA) is 135 Å². The SMILES string of the molecule is BC1(B)N(c2cc(-c3cc(-c4cnn(C)c4)c4c(N)ncnn34)ccc2F)C(=O)C(C)(C)N(C(C)=O)C1(B)O. The highest BCUT2D eigenvalue weighted by Gasteiger charge is 2.62. The minimum atomic E-state index is -1.82. The highest BCUT2D eigenvalue weighted by Crippen LogP contribution is 2.43. The van der Waals surface area contributed by atoms with Crippen LogP contribution in [0.3, 0.4) is 0 Å². The summed E-state index contributed by atoms with van der Waals surface area (Å²) >= 11 is 0. The summed E-state index contributed by atoms with van der Waals surface area (Å²) in [4.78, 5) is 33.0. The standard InChI is InChI=1S/C24H28B3FN8O3/c1-12(37)36-22(2,3)21(38)34(23(25,26)24(36,27)39)18-7-13(5-6-16(18)28)17-8-15(14-9-31-33(4)10-14)19-20(29)30-11-32-35(17)19/h5-11,39H,25-27H2,1-4H3,(H2,29,30,32). The van der Waals surface area contributed by atoms with Gasteiger partial charge in [-0.05, 0) is 38.1 Å². The number of nitrogens with two attached hydrogens (primary N) is 1. The summed E-state index contributed by atoms with van der Waals surface area (Å²) < 4.78 is 18.9. The summed E-state index contributed by atoms with van der Waals surface area (Å²) in [5.41, 5.74) is 6.13. The molecule has 1 saturated heterocycles. The minimum Gasteiger partial charge on any atom is -0.382 e. The van der Waals surface area contributed by atoms with Crippen molar-refractivity contribution in [3.8, 4) is 22.4 Å². The van der Waals surface area contributed by atoms with Gasteiger partial charge in [0.15, 0.2) is 13.7 Å². The number of hydrogen-bond acceptors (Lipinski definition) is 7. The first-order valence-electron chi connectivity index (χ1n) is 12.4. The van der Waals surface area contributed by atoms with Crippen LogP contribution < -0.4 is 10.6 Å². The number of amides is 2. The monoisotopic (exact) mass is 528 g/mol. The second kappa shape index (κ2) is 8.44. The number of piperazine rings is 1. The lowest BCUT2D eigenvalue weighted by Crippen LogP contribution is -2.85. The Labute approximate surface area is 227 Å². The Balaban J connectivity index is 1.73. The van der Waals surface area contributed by atoms with E-state index in [4.69, 9.17) is 5.73 Å². The Kier molecular flexibility index (Phi) is 5.73. The largest absolute Gasteiger partial charge is 0.382 e. The number of carbonyl (C=O) groups excluding carboxylic acids is 2. The molecule has 1 aliphatic heterocycles.